The summed E-state index contributed by atoms with van der Waals surface area (Å²) in [5.74, 6) is 0.0856. The molecule has 0 bridgehead atoms. The van der Waals surface area contributed by atoms with Crippen molar-refractivity contribution >= 4 is 73.1 Å². The Morgan fingerprint density at radius 2 is 0.987 bits per heavy atom. The van der Waals surface area contributed by atoms with Crippen LogP contribution < -0.4 is 30.0 Å². The lowest BCUT2D eigenvalue weighted by Gasteiger charge is -2.46. The van der Waals surface area contributed by atoms with Crippen molar-refractivity contribution in [3.8, 4) is 22.3 Å². The minimum atomic E-state index is -0.151. The largest absolute Gasteiger partial charge is 0.341 e. The van der Waals surface area contributed by atoms with E-state index in [0.29, 0.717) is 0 Å². The van der Waals surface area contributed by atoms with Gasteiger partial charge < -0.3 is 19.6 Å². The third-order valence-corrected chi connectivity index (χ3v) is 17.4. The summed E-state index contributed by atoms with van der Waals surface area (Å²) in [4.78, 5) is 9.87. The highest BCUT2D eigenvalue weighted by atomic mass is 15.3. The van der Waals surface area contributed by atoms with Gasteiger partial charge in [0.15, 0.2) is 0 Å². The molecule has 0 radical (unpaired) electrons. The van der Waals surface area contributed by atoms with Crippen molar-refractivity contribution in [2.45, 2.75) is 38.1 Å². The number of allylic oxidation sites excluding steroid dienone is 1. The molecule has 10 aromatic carbocycles. The third kappa shape index (κ3) is 6.48. The molecule has 2 aliphatic heterocycles. The first-order valence-corrected chi connectivity index (χ1v) is 26.7. The number of fused-ring (bicyclic) bond motifs is 10. The first kappa shape index (κ1) is 43.7. The van der Waals surface area contributed by atoms with Crippen LogP contribution in [-0.4, -0.2) is 20.1 Å². The van der Waals surface area contributed by atoms with E-state index in [1.165, 1.54) is 128 Å². The zero-order chi connectivity index (χ0) is 50.1. The average molecular weight is 965 g/mol. The predicted molar refractivity (Wildman–Crippen MR) is 315 cm³/mol. The molecule has 2 unspecified atom stereocenters. The van der Waals surface area contributed by atoms with E-state index in [9.17, 15) is 0 Å². The maximum Gasteiger partial charge on any atom is 0.0699 e. The molecule has 360 valence electrons. The number of hydrogen-bond donors (Lipinski definition) is 0. The van der Waals surface area contributed by atoms with Crippen molar-refractivity contribution in [1.29, 1.82) is 0 Å². The number of para-hydroxylation sites is 8. The minimum Gasteiger partial charge on any atom is -0.341 e. The van der Waals surface area contributed by atoms with Crippen LogP contribution in [-0.2, 0) is 5.41 Å². The Labute approximate surface area is 439 Å². The van der Waals surface area contributed by atoms with E-state index in [1.807, 2.05) is 0 Å². The Bertz CT molecular complexity index is 4100. The highest BCUT2D eigenvalue weighted by Crippen LogP contribution is 2.55. The van der Waals surface area contributed by atoms with Gasteiger partial charge in [0.1, 0.15) is 0 Å². The molecular weight excluding hydrogens is 909 g/mol. The molecule has 4 heteroatoms. The first-order chi connectivity index (χ1) is 36.8. The van der Waals surface area contributed by atoms with Crippen molar-refractivity contribution < 1.29 is 0 Å². The molecule has 0 fully saturated rings. The second-order valence-electron chi connectivity index (χ2n) is 21.7. The molecule has 0 amide bonds. The molecule has 15 rings (SSSR count). The number of nitrogens with zero attached hydrogens (tertiary/aromatic N) is 4. The van der Waals surface area contributed by atoms with Crippen molar-refractivity contribution in [3.05, 3.63) is 269 Å². The lowest BCUT2D eigenvalue weighted by molar-refractivity contribution is 0.524. The van der Waals surface area contributed by atoms with Gasteiger partial charge in [-0.2, -0.15) is 0 Å². The molecule has 75 heavy (non-hydrogen) atoms. The van der Waals surface area contributed by atoms with Gasteiger partial charge in [0, 0.05) is 37.2 Å². The number of benzene rings is 10. The van der Waals surface area contributed by atoms with Crippen LogP contribution in [0.15, 0.2) is 236 Å². The Morgan fingerprint density at radius 1 is 0.427 bits per heavy atom. The van der Waals surface area contributed by atoms with Crippen LogP contribution in [0, 0.1) is 5.92 Å². The molecule has 3 aliphatic carbocycles. The van der Waals surface area contributed by atoms with Crippen molar-refractivity contribution in [3.63, 3.8) is 0 Å². The molecule has 2 heterocycles. The Morgan fingerprint density at radius 3 is 1.71 bits per heavy atom. The fourth-order valence-electron chi connectivity index (χ4n) is 14.0. The highest BCUT2D eigenvalue weighted by Gasteiger charge is 2.41. The summed E-state index contributed by atoms with van der Waals surface area (Å²) in [6, 6.07) is 84.8. The molecule has 0 spiro atoms. The predicted octanol–water partition coefficient (Wildman–Crippen LogP) is 16.4. The van der Waals surface area contributed by atoms with Gasteiger partial charge >= 0.3 is 0 Å². The van der Waals surface area contributed by atoms with Gasteiger partial charge in [-0.1, -0.05) is 172 Å². The minimum absolute atomic E-state index is 0.0856. The lowest BCUT2D eigenvalue weighted by Crippen LogP contribution is -2.44. The summed E-state index contributed by atoms with van der Waals surface area (Å²) in [5, 5.41) is 5.09. The van der Waals surface area contributed by atoms with Gasteiger partial charge in [-0.3, -0.25) is 0 Å². The van der Waals surface area contributed by atoms with Crippen molar-refractivity contribution in [1.82, 2.24) is 0 Å². The average Bonchev–Trinajstić information content (AvgIpc) is 3.73. The summed E-state index contributed by atoms with van der Waals surface area (Å²) in [6.45, 7) is 4.82. The summed E-state index contributed by atoms with van der Waals surface area (Å²) >= 11 is 0. The maximum absolute atomic E-state index is 2.68. The zero-order valence-electron chi connectivity index (χ0n) is 42.8. The van der Waals surface area contributed by atoms with Gasteiger partial charge in [-0.15, -0.1) is 0 Å². The number of rotatable bonds is 5. The Balaban J connectivity index is 1.02. The van der Waals surface area contributed by atoms with Gasteiger partial charge in [-0.25, -0.2) is 0 Å². The van der Waals surface area contributed by atoms with E-state index in [4.69, 9.17) is 0 Å². The van der Waals surface area contributed by atoms with Crippen LogP contribution in [0.2, 0.25) is 0 Å². The van der Waals surface area contributed by atoms with Crippen molar-refractivity contribution in [2.75, 3.05) is 33.7 Å². The molecule has 0 saturated heterocycles. The SMILES string of the molecule is CN1c2ccccc2N(c2ccc3c(c2)=C(c2ccc4c(c2)C(C)(C)c2ccccc2-4)C2=CCC(N4c5ccccc5N(C)c5ccccc54)CC2C=3c2cccc(-c3cccc4ccccc34)c2)c2ccccc21. The fourth-order valence-corrected chi connectivity index (χ4v) is 14.0. The van der Waals surface area contributed by atoms with Gasteiger partial charge in [0.25, 0.3) is 0 Å². The van der Waals surface area contributed by atoms with E-state index in [0.717, 1.165) is 18.5 Å². The van der Waals surface area contributed by atoms with Crippen molar-refractivity contribution in [2.24, 2.45) is 5.92 Å². The second-order valence-corrected chi connectivity index (χ2v) is 21.7. The zero-order valence-corrected chi connectivity index (χ0v) is 42.8. The van der Waals surface area contributed by atoms with Crippen LogP contribution >= 0.6 is 0 Å². The molecule has 0 aromatic heterocycles. The van der Waals surface area contributed by atoms with E-state index in [2.05, 4.69) is 278 Å². The highest BCUT2D eigenvalue weighted by molar-refractivity contribution is 6.00. The van der Waals surface area contributed by atoms with E-state index >= 15 is 0 Å². The first-order valence-electron chi connectivity index (χ1n) is 26.7. The summed E-state index contributed by atoms with van der Waals surface area (Å²) in [6.07, 6.45) is 4.49. The van der Waals surface area contributed by atoms with Crippen LogP contribution in [0.25, 0.3) is 44.2 Å². The van der Waals surface area contributed by atoms with E-state index in [-0.39, 0.29) is 17.4 Å². The van der Waals surface area contributed by atoms with Gasteiger partial charge in [-0.05, 0) is 168 Å². The van der Waals surface area contributed by atoms with Crippen LogP contribution in [0.1, 0.15) is 48.9 Å². The summed E-state index contributed by atoms with van der Waals surface area (Å²) in [5.41, 5.74) is 25.4. The van der Waals surface area contributed by atoms with Crippen LogP contribution in [0.5, 0.6) is 0 Å². The Kier molecular flexibility index (Phi) is 9.66. The number of anilines is 9. The molecule has 4 nitrogen and oxygen atoms in total. The van der Waals surface area contributed by atoms with Crippen LogP contribution in [0.4, 0.5) is 51.2 Å². The molecule has 5 aliphatic rings. The van der Waals surface area contributed by atoms with Gasteiger partial charge in [0.2, 0.25) is 0 Å². The molecule has 10 aromatic rings. The van der Waals surface area contributed by atoms with Gasteiger partial charge in [0.05, 0.1) is 45.5 Å². The molecule has 0 saturated carbocycles. The fraction of sp³-hybridized carbons (Fsp3) is 0.127. The summed E-state index contributed by atoms with van der Waals surface area (Å²) in [7, 11) is 4.41. The van der Waals surface area contributed by atoms with Crippen LogP contribution in [0.3, 0.4) is 0 Å². The summed E-state index contributed by atoms with van der Waals surface area (Å²) < 4.78 is 0. The second kappa shape index (κ2) is 16.6. The topological polar surface area (TPSA) is 13.0 Å². The molecule has 2 atom stereocenters. The number of hydrogen-bond acceptors (Lipinski definition) is 4. The standard InChI is InChI=1S/C71H56N4/c1-71(2)59-26-8-7-24-53(59)54-38-35-48(42-60(54)71)70-56-40-37-49(74-65-31-13-9-27-61(65)72(3)62-28-10-14-32-66(62)74)43-57(56)69(47-22-17-21-46(41-47)52-25-18-20-45-19-5-6-23-51(45)52)55-39-36-50(44-58(55)70)75-67-33-15-11-29-63(67)73(4)64-30-12-16-34-68(64)75/h5-36,38-42,44,49,57H,37,43H2,1-4H3. The molecular formula is C71H56N4. The molecule has 0 N–H and O–H groups in total. The normalized spacial score (nSPS) is 17.5. The van der Waals surface area contributed by atoms with E-state index < -0.39 is 0 Å². The lowest BCUT2D eigenvalue weighted by atomic mass is 9.69. The monoisotopic (exact) mass is 964 g/mol. The quantitative estimate of drug-likeness (QED) is 0.170. The Hall–Kier alpha value is -8.86. The smallest absolute Gasteiger partial charge is 0.0699 e. The van der Waals surface area contributed by atoms with E-state index in [1.54, 1.807) is 0 Å². The maximum atomic E-state index is 2.68. The third-order valence-electron chi connectivity index (χ3n) is 17.4.